The number of halogens is 1. The van der Waals surface area contributed by atoms with Crippen LogP contribution < -0.4 is 15.8 Å². The van der Waals surface area contributed by atoms with Gasteiger partial charge in [-0.1, -0.05) is 0 Å². The Kier molecular flexibility index (Phi) is 6.08. The molecule has 1 fully saturated rings. The van der Waals surface area contributed by atoms with Gasteiger partial charge in [0.1, 0.15) is 29.3 Å². The summed E-state index contributed by atoms with van der Waals surface area (Å²) in [4.78, 5) is 13.3. The fourth-order valence-electron chi connectivity index (χ4n) is 4.94. The molecule has 3 N–H and O–H groups in total. The van der Waals surface area contributed by atoms with Gasteiger partial charge in [0.15, 0.2) is 0 Å². The Morgan fingerprint density at radius 3 is 2.80 bits per heavy atom. The van der Waals surface area contributed by atoms with Gasteiger partial charge in [-0.15, -0.1) is 12.4 Å². The van der Waals surface area contributed by atoms with Crippen molar-refractivity contribution < 1.29 is 4.74 Å². The van der Waals surface area contributed by atoms with Crippen LogP contribution in [0.15, 0.2) is 55.2 Å². The molecule has 0 amide bonds. The second-order valence-corrected chi connectivity index (χ2v) is 9.01. The zero-order valence-electron chi connectivity index (χ0n) is 19.7. The lowest BCUT2D eigenvalue weighted by Crippen LogP contribution is -2.28. The lowest BCUT2D eigenvalue weighted by atomic mass is 9.92. The van der Waals surface area contributed by atoms with E-state index in [1.54, 1.807) is 0 Å². The van der Waals surface area contributed by atoms with Gasteiger partial charge in [-0.05, 0) is 73.7 Å². The van der Waals surface area contributed by atoms with E-state index in [0.717, 1.165) is 70.7 Å². The average Bonchev–Trinajstić information content (AvgIpc) is 3.43. The number of fused-ring (bicyclic) bond motifs is 2. The molecular weight excluding hydrogens is 462 g/mol. The minimum atomic E-state index is 0. The third-order valence-corrected chi connectivity index (χ3v) is 6.74. The number of rotatable bonds is 4. The number of anilines is 1. The molecule has 180 valence electrons. The maximum Gasteiger partial charge on any atom is 0.150 e. The van der Waals surface area contributed by atoms with Gasteiger partial charge in [0.05, 0.1) is 22.7 Å². The predicted octanol–water partition coefficient (Wildman–Crippen LogP) is 4.88. The summed E-state index contributed by atoms with van der Waals surface area (Å²) in [5.74, 6) is 2.50. The number of benzene rings is 2. The third kappa shape index (κ3) is 4.09. The van der Waals surface area contributed by atoms with Crippen molar-refractivity contribution in [2.45, 2.75) is 25.7 Å². The fourth-order valence-corrected chi connectivity index (χ4v) is 4.94. The maximum atomic E-state index is 6.32. The van der Waals surface area contributed by atoms with E-state index in [4.69, 9.17) is 10.5 Å². The molecule has 1 atom stereocenters. The lowest BCUT2D eigenvalue weighted by Gasteiger charge is -2.22. The highest BCUT2D eigenvalue weighted by atomic mass is 35.5. The summed E-state index contributed by atoms with van der Waals surface area (Å²) in [6.07, 6.45) is 7.81. The van der Waals surface area contributed by atoms with Crippen LogP contribution in [0.25, 0.3) is 27.8 Å². The molecule has 4 heterocycles. The minimum absolute atomic E-state index is 0. The number of aromatic nitrogens is 5. The van der Waals surface area contributed by atoms with Crippen molar-refractivity contribution >= 4 is 40.3 Å². The fraction of sp³-hybridized carbons (Fsp3) is 0.269. The van der Waals surface area contributed by atoms with Gasteiger partial charge in [0, 0.05) is 31.5 Å². The number of piperidine rings is 1. The van der Waals surface area contributed by atoms with E-state index in [1.165, 1.54) is 11.9 Å². The maximum absolute atomic E-state index is 6.32. The molecule has 6 rings (SSSR count). The first-order chi connectivity index (χ1) is 16.6. The second kappa shape index (κ2) is 9.20. The van der Waals surface area contributed by atoms with Gasteiger partial charge in [0.2, 0.25) is 0 Å². The second-order valence-electron chi connectivity index (χ2n) is 9.01. The number of hydrogen-bond acceptors (Lipinski definition) is 6. The van der Waals surface area contributed by atoms with Crippen molar-refractivity contribution in [2.24, 2.45) is 7.05 Å². The molecule has 2 aromatic carbocycles. The van der Waals surface area contributed by atoms with E-state index in [1.807, 2.05) is 42.2 Å². The van der Waals surface area contributed by atoms with Gasteiger partial charge in [-0.25, -0.2) is 15.0 Å². The van der Waals surface area contributed by atoms with Crippen LogP contribution in [-0.2, 0) is 7.05 Å². The van der Waals surface area contributed by atoms with Gasteiger partial charge in [0.25, 0.3) is 0 Å². The van der Waals surface area contributed by atoms with Crippen LogP contribution in [0.1, 0.15) is 29.9 Å². The van der Waals surface area contributed by atoms with Crippen LogP contribution in [0.3, 0.4) is 0 Å². The van der Waals surface area contributed by atoms with Crippen molar-refractivity contribution in [2.75, 3.05) is 18.8 Å². The van der Waals surface area contributed by atoms with Crippen LogP contribution >= 0.6 is 12.4 Å². The standard InChI is InChI=1S/C26H27N7O.ClH/c1-16-10-18(5-8-23(16)34-19-6-7-22-21(11-19)31-15-32(22)2)33-13-20(17-4-3-9-28-12-17)24-25(27)29-14-30-26(24)33;/h5-8,10-11,13-15,17,28H,3-4,9,12H2,1-2H3,(H2,27,29,30);1H. The van der Waals surface area contributed by atoms with Crippen LogP contribution in [-0.4, -0.2) is 37.2 Å². The summed E-state index contributed by atoms with van der Waals surface area (Å²) in [7, 11) is 1.98. The number of nitrogens with two attached hydrogens (primary N) is 1. The van der Waals surface area contributed by atoms with Crippen LogP contribution in [0, 0.1) is 6.92 Å². The highest BCUT2D eigenvalue weighted by Gasteiger charge is 2.23. The smallest absolute Gasteiger partial charge is 0.150 e. The molecule has 1 saturated heterocycles. The third-order valence-electron chi connectivity index (χ3n) is 6.74. The molecule has 1 aliphatic heterocycles. The van der Waals surface area contributed by atoms with E-state index >= 15 is 0 Å². The Morgan fingerprint density at radius 1 is 1.11 bits per heavy atom. The average molecular weight is 490 g/mol. The number of nitrogens with zero attached hydrogens (tertiary/aromatic N) is 5. The van der Waals surface area contributed by atoms with Crippen molar-refractivity contribution in [1.82, 2.24) is 29.4 Å². The van der Waals surface area contributed by atoms with Crippen LogP contribution in [0.2, 0.25) is 0 Å². The van der Waals surface area contributed by atoms with Crippen molar-refractivity contribution in [3.8, 4) is 17.2 Å². The van der Waals surface area contributed by atoms with E-state index < -0.39 is 0 Å². The predicted molar refractivity (Wildman–Crippen MR) is 141 cm³/mol. The molecule has 35 heavy (non-hydrogen) atoms. The SMILES string of the molecule is Cc1cc(-n2cc(C3CCCNC3)c3c(N)ncnc32)ccc1Oc1ccc2c(c1)ncn2C.Cl. The monoisotopic (exact) mass is 489 g/mol. The molecule has 8 nitrogen and oxygen atoms in total. The largest absolute Gasteiger partial charge is 0.457 e. The summed E-state index contributed by atoms with van der Waals surface area (Å²) in [5.41, 5.74) is 12.4. The molecule has 3 aromatic heterocycles. The van der Waals surface area contributed by atoms with Crippen molar-refractivity contribution in [1.29, 1.82) is 0 Å². The molecule has 0 spiro atoms. The Bertz CT molecular complexity index is 1520. The van der Waals surface area contributed by atoms with Gasteiger partial charge in [-0.3, -0.25) is 0 Å². The summed E-state index contributed by atoms with van der Waals surface area (Å²) >= 11 is 0. The minimum Gasteiger partial charge on any atom is -0.457 e. The lowest BCUT2D eigenvalue weighted by molar-refractivity contribution is 0.463. The summed E-state index contributed by atoms with van der Waals surface area (Å²) in [6, 6.07) is 12.1. The summed E-state index contributed by atoms with van der Waals surface area (Å²) in [6.45, 7) is 4.06. The number of aryl methyl sites for hydroxylation is 2. The van der Waals surface area contributed by atoms with Gasteiger partial charge in [-0.2, -0.15) is 0 Å². The molecule has 5 aromatic rings. The summed E-state index contributed by atoms with van der Waals surface area (Å²) < 4.78 is 10.3. The Morgan fingerprint density at radius 2 is 2.00 bits per heavy atom. The van der Waals surface area contributed by atoms with Crippen molar-refractivity contribution in [3.05, 3.63) is 66.4 Å². The van der Waals surface area contributed by atoms with Crippen LogP contribution in [0.5, 0.6) is 11.5 Å². The first-order valence-corrected chi connectivity index (χ1v) is 11.6. The first kappa shape index (κ1) is 23.1. The Balaban J connectivity index is 0.00000253. The van der Waals surface area contributed by atoms with Gasteiger partial charge >= 0.3 is 0 Å². The number of ether oxygens (including phenoxy) is 1. The highest BCUT2D eigenvalue weighted by molar-refractivity contribution is 5.91. The molecular formula is C26H28ClN7O. The van der Waals surface area contributed by atoms with E-state index in [0.29, 0.717) is 11.7 Å². The highest BCUT2D eigenvalue weighted by Crippen LogP contribution is 2.36. The number of nitrogens with one attached hydrogen (secondary N) is 1. The number of imidazole rings is 1. The number of hydrogen-bond donors (Lipinski definition) is 2. The zero-order valence-corrected chi connectivity index (χ0v) is 20.5. The molecule has 0 radical (unpaired) electrons. The molecule has 9 heteroatoms. The van der Waals surface area contributed by atoms with E-state index in [2.05, 4.69) is 50.1 Å². The van der Waals surface area contributed by atoms with E-state index in [9.17, 15) is 0 Å². The van der Waals surface area contributed by atoms with Gasteiger partial charge < -0.3 is 24.9 Å². The Hall–Kier alpha value is -3.62. The molecule has 0 aliphatic carbocycles. The molecule has 1 unspecified atom stereocenters. The Labute approximate surface area is 209 Å². The molecule has 0 saturated carbocycles. The first-order valence-electron chi connectivity index (χ1n) is 11.6. The normalized spacial score (nSPS) is 15.9. The van der Waals surface area contributed by atoms with Crippen LogP contribution in [0.4, 0.5) is 5.82 Å². The zero-order chi connectivity index (χ0) is 23.2. The van der Waals surface area contributed by atoms with Crippen molar-refractivity contribution in [3.63, 3.8) is 0 Å². The molecule has 1 aliphatic rings. The van der Waals surface area contributed by atoms with E-state index in [-0.39, 0.29) is 12.4 Å². The summed E-state index contributed by atoms with van der Waals surface area (Å²) in [5, 5.41) is 4.46. The quantitative estimate of drug-likeness (QED) is 0.373. The topological polar surface area (TPSA) is 95.8 Å². The molecule has 0 bridgehead atoms. The number of nitrogen functional groups attached to an aromatic ring is 1.